The topological polar surface area (TPSA) is 115 Å². The SMILES string of the molecule is C[C@@H](OC(=O)c1cnccn1)C(=O)Nc1ccc2c(c1)C(=O)c1ccccc1C2=O. The molecule has 148 valence electrons. The van der Waals surface area contributed by atoms with E-state index in [0.717, 1.165) is 0 Å². The Kier molecular flexibility index (Phi) is 4.89. The molecule has 1 aliphatic rings. The number of anilines is 1. The summed E-state index contributed by atoms with van der Waals surface area (Å²) in [5, 5.41) is 2.59. The van der Waals surface area contributed by atoms with E-state index in [-0.39, 0.29) is 28.4 Å². The third-order valence-electron chi connectivity index (χ3n) is 4.62. The molecule has 0 unspecified atom stereocenters. The molecular formula is C22H15N3O5. The van der Waals surface area contributed by atoms with Crippen molar-refractivity contribution in [1.82, 2.24) is 9.97 Å². The van der Waals surface area contributed by atoms with Crippen LogP contribution in [0, 0.1) is 0 Å². The van der Waals surface area contributed by atoms with Gasteiger partial charge in [0.2, 0.25) is 0 Å². The average Bonchev–Trinajstić information content (AvgIpc) is 2.78. The number of hydrogen-bond donors (Lipinski definition) is 1. The lowest BCUT2D eigenvalue weighted by Gasteiger charge is -2.19. The number of benzene rings is 2. The number of ether oxygens (including phenoxy) is 1. The van der Waals surface area contributed by atoms with Crippen LogP contribution in [0.1, 0.15) is 49.3 Å². The Morgan fingerprint density at radius 2 is 1.60 bits per heavy atom. The van der Waals surface area contributed by atoms with Gasteiger partial charge < -0.3 is 10.1 Å². The quantitative estimate of drug-likeness (QED) is 0.522. The number of ketones is 2. The second-order valence-electron chi connectivity index (χ2n) is 6.59. The normalized spacial score (nSPS) is 13.1. The van der Waals surface area contributed by atoms with E-state index in [1.807, 2.05) is 0 Å². The van der Waals surface area contributed by atoms with Crippen LogP contribution < -0.4 is 5.32 Å². The van der Waals surface area contributed by atoms with E-state index >= 15 is 0 Å². The molecule has 2 aromatic carbocycles. The Morgan fingerprint density at radius 3 is 2.27 bits per heavy atom. The first-order valence-corrected chi connectivity index (χ1v) is 9.06. The molecule has 1 heterocycles. The standard InChI is InChI=1S/C22H15N3O5/c1-12(30-22(29)18-11-23-8-9-24-18)21(28)25-13-6-7-16-17(10-13)20(27)15-5-3-2-4-14(15)19(16)26/h2-12H,1H3,(H,25,28)/t12-/m1/s1. The second-order valence-corrected chi connectivity index (χ2v) is 6.59. The number of rotatable bonds is 4. The zero-order valence-corrected chi connectivity index (χ0v) is 15.8. The summed E-state index contributed by atoms with van der Waals surface area (Å²) >= 11 is 0. The van der Waals surface area contributed by atoms with Crippen LogP contribution in [0.3, 0.4) is 0 Å². The van der Waals surface area contributed by atoms with E-state index < -0.39 is 18.0 Å². The molecule has 0 spiro atoms. The average molecular weight is 401 g/mol. The van der Waals surface area contributed by atoms with Crippen LogP contribution in [-0.4, -0.2) is 39.5 Å². The number of carbonyl (C=O) groups excluding carboxylic acids is 4. The van der Waals surface area contributed by atoms with Gasteiger partial charge in [0.25, 0.3) is 5.91 Å². The van der Waals surface area contributed by atoms with Gasteiger partial charge in [-0.1, -0.05) is 24.3 Å². The van der Waals surface area contributed by atoms with Gasteiger partial charge >= 0.3 is 5.97 Å². The summed E-state index contributed by atoms with van der Waals surface area (Å²) in [5.74, 6) is -1.92. The number of nitrogens with zero attached hydrogens (tertiary/aromatic N) is 2. The fourth-order valence-corrected chi connectivity index (χ4v) is 3.10. The maximum Gasteiger partial charge on any atom is 0.359 e. The van der Waals surface area contributed by atoms with Crippen LogP contribution in [0.4, 0.5) is 5.69 Å². The van der Waals surface area contributed by atoms with Crippen LogP contribution in [-0.2, 0) is 9.53 Å². The zero-order valence-electron chi connectivity index (χ0n) is 15.8. The number of fused-ring (bicyclic) bond motifs is 2. The van der Waals surface area contributed by atoms with Crippen molar-refractivity contribution < 1.29 is 23.9 Å². The largest absolute Gasteiger partial charge is 0.448 e. The summed E-state index contributed by atoms with van der Waals surface area (Å²) in [6.45, 7) is 1.41. The molecule has 1 amide bonds. The number of aromatic nitrogens is 2. The van der Waals surface area contributed by atoms with E-state index in [4.69, 9.17) is 4.74 Å². The number of esters is 1. The molecule has 1 atom stereocenters. The Balaban J connectivity index is 1.51. The fourth-order valence-electron chi connectivity index (χ4n) is 3.10. The Labute approximate surface area is 170 Å². The Hall–Kier alpha value is -4.20. The van der Waals surface area contributed by atoms with Gasteiger partial charge in [-0.05, 0) is 25.1 Å². The van der Waals surface area contributed by atoms with Gasteiger partial charge in [-0.15, -0.1) is 0 Å². The molecule has 0 bridgehead atoms. The van der Waals surface area contributed by atoms with E-state index in [1.54, 1.807) is 24.3 Å². The summed E-state index contributed by atoms with van der Waals surface area (Å²) in [6.07, 6.45) is 2.86. The van der Waals surface area contributed by atoms with Crippen molar-refractivity contribution in [3.05, 3.63) is 89.0 Å². The summed E-state index contributed by atoms with van der Waals surface area (Å²) in [7, 11) is 0. The number of nitrogens with one attached hydrogen (secondary N) is 1. The summed E-state index contributed by atoms with van der Waals surface area (Å²) < 4.78 is 5.09. The number of carbonyl (C=O) groups is 4. The first-order chi connectivity index (χ1) is 14.5. The summed E-state index contributed by atoms with van der Waals surface area (Å²) in [4.78, 5) is 57.4. The molecule has 30 heavy (non-hydrogen) atoms. The van der Waals surface area contributed by atoms with E-state index in [1.165, 1.54) is 43.7 Å². The molecule has 0 saturated carbocycles. The van der Waals surface area contributed by atoms with Crippen molar-refractivity contribution in [2.75, 3.05) is 5.32 Å². The minimum absolute atomic E-state index is 0.0197. The highest BCUT2D eigenvalue weighted by molar-refractivity contribution is 6.28. The van der Waals surface area contributed by atoms with Gasteiger partial charge in [-0.2, -0.15) is 0 Å². The van der Waals surface area contributed by atoms with Gasteiger partial charge in [0.05, 0.1) is 6.20 Å². The molecule has 8 heteroatoms. The van der Waals surface area contributed by atoms with Crippen molar-refractivity contribution in [1.29, 1.82) is 0 Å². The van der Waals surface area contributed by atoms with Crippen molar-refractivity contribution in [3.8, 4) is 0 Å². The van der Waals surface area contributed by atoms with Crippen LogP contribution in [0.15, 0.2) is 61.1 Å². The van der Waals surface area contributed by atoms with Crippen LogP contribution >= 0.6 is 0 Å². The molecule has 3 aromatic rings. The third-order valence-corrected chi connectivity index (χ3v) is 4.62. The van der Waals surface area contributed by atoms with E-state index in [0.29, 0.717) is 16.8 Å². The number of amides is 1. The smallest absolute Gasteiger partial charge is 0.359 e. The predicted molar refractivity (Wildman–Crippen MR) is 105 cm³/mol. The van der Waals surface area contributed by atoms with Crippen molar-refractivity contribution in [3.63, 3.8) is 0 Å². The summed E-state index contributed by atoms with van der Waals surface area (Å²) in [6, 6.07) is 11.1. The van der Waals surface area contributed by atoms with E-state index in [9.17, 15) is 19.2 Å². The minimum Gasteiger partial charge on any atom is -0.448 e. The highest BCUT2D eigenvalue weighted by Gasteiger charge is 2.29. The maximum atomic E-state index is 12.8. The molecule has 8 nitrogen and oxygen atoms in total. The predicted octanol–water partition coefficient (Wildman–Crippen LogP) is 2.44. The first kappa shape index (κ1) is 19.1. The second kappa shape index (κ2) is 7.67. The lowest BCUT2D eigenvalue weighted by atomic mass is 9.84. The van der Waals surface area contributed by atoms with Crippen molar-refractivity contribution in [2.45, 2.75) is 13.0 Å². The Bertz CT molecular complexity index is 1190. The molecule has 0 saturated heterocycles. The van der Waals surface area contributed by atoms with Crippen molar-refractivity contribution in [2.24, 2.45) is 0 Å². The van der Waals surface area contributed by atoms with Gasteiger partial charge in [0, 0.05) is 40.3 Å². The highest BCUT2D eigenvalue weighted by atomic mass is 16.5. The molecule has 0 fully saturated rings. The van der Waals surface area contributed by atoms with Gasteiger partial charge in [0.15, 0.2) is 23.4 Å². The third kappa shape index (κ3) is 3.46. The lowest BCUT2D eigenvalue weighted by molar-refractivity contribution is -0.123. The minimum atomic E-state index is -1.12. The molecule has 1 aliphatic carbocycles. The molecule has 0 aliphatic heterocycles. The van der Waals surface area contributed by atoms with Gasteiger partial charge in [-0.3, -0.25) is 19.4 Å². The van der Waals surface area contributed by atoms with Gasteiger partial charge in [0.1, 0.15) is 0 Å². The maximum absolute atomic E-state index is 12.8. The molecular weight excluding hydrogens is 386 g/mol. The number of hydrogen-bond acceptors (Lipinski definition) is 7. The van der Waals surface area contributed by atoms with Crippen LogP contribution in [0.2, 0.25) is 0 Å². The van der Waals surface area contributed by atoms with Crippen LogP contribution in [0.25, 0.3) is 0 Å². The summed E-state index contributed by atoms with van der Waals surface area (Å²) in [5.41, 5.74) is 1.45. The zero-order chi connectivity index (χ0) is 21.3. The monoisotopic (exact) mass is 401 g/mol. The van der Waals surface area contributed by atoms with Crippen molar-refractivity contribution >= 4 is 29.1 Å². The first-order valence-electron chi connectivity index (χ1n) is 9.06. The van der Waals surface area contributed by atoms with E-state index in [2.05, 4.69) is 15.3 Å². The lowest BCUT2D eigenvalue weighted by Crippen LogP contribution is -2.30. The van der Waals surface area contributed by atoms with Crippen LogP contribution in [0.5, 0.6) is 0 Å². The molecule has 1 aromatic heterocycles. The highest BCUT2D eigenvalue weighted by Crippen LogP contribution is 2.29. The molecule has 0 radical (unpaired) electrons. The van der Waals surface area contributed by atoms with Gasteiger partial charge in [-0.25, -0.2) is 9.78 Å². The fraction of sp³-hybridized carbons (Fsp3) is 0.0909. The Morgan fingerprint density at radius 1 is 0.933 bits per heavy atom. The molecule has 1 N–H and O–H groups in total. The molecule has 4 rings (SSSR count).